The lowest BCUT2D eigenvalue weighted by Crippen LogP contribution is -2.27. The van der Waals surface area contributed by atoms with Crippen molar-refractivity contribution in [2.24, 2.45) is 0 Å². The second-order valence-electron chi connectivity index (χ2n) is 5.89. The van der Waals surface area contributed by atoms with Crippen LogP contribution in [0.4, 0.5) is 10.6 Å². The summed E-state index contributed by atoms with van der Waals surface area (Å²) in [7, 11) is 0. The summed E-state index contributed by atoms with van der Waals surface area (Å²) in [4.78, 5) is 16.3. The summed E-state index contributed by atoms with van der Waals surface area (Å²) in [6.45, 7) is 4.30. The van der Waals surface area contributed by atoms with E-state index < -0.39 is 6.09 Å². The highest BCUT2D eigenvalue weighted by atomic mass is 16.6. The molecule has 21 heavy (non-hydrogen) atoms. The van der Waals surface area contributed by atoms with E-state index in [2.05, 4.69) is 42.3 Å². The van der Waals surface area contributed by atoms with Crippen LogP contribution < -0.4 is 5.32 Å². The summed E-state index contributed by atoms with van der Waals surface area (Å²) in [5.74, 6) is 0.990. The number of pyridine rings is 1. The molecule has 4 heteroatoms. The van der Waals surface area contributed by atoms with Crippen molar-refractivity contribution in [1.29, 1.82) is 0 Å². The molecule has 2 aromatic rings. The summed E-state index contributed by atoms with van der Waals surface area (Å²) in [6, 6.07) is 10.0. The number of anilines is 1. The third kappa shape index (κ3) is 3.15. The topological polar surface area (TPSA) is 51.2 Å². The number of benzene rings is 1. The van der Waals surface area contributed by atoms with Gasteiger partial charge in [-0.2, -0.15) is 0 Å². The largest absolute Gasteiger partial charge is 0.446 e. The number of amides is 1. The molecule has 0 atom stereocenters. The van der Waals surface area contributed by atoms with Crippen LogP contribution >= 0.6 is 0 Å². The van der Waals surface area contributed by atoms with Crippen molar-refractivity contribution in [3.63, 3.8) is 0 Å². The van der Waals surface area contributed by atoms with Crippen molar-refractivity contribution in [3.8, 4) is 0 Å². The Morgan fingerprint density at radius 2 is 2.05 bits per heavy atom. The lowest BCUT2D eigenvalue weighted by atomic mass is 9.96. The zero-order valence-corrected chi connectivity index (χ0v) is 12.4. The minimum atomic E-state index is -0.411. The van der Waals surface area contributed by atoms with Crippen molar-refractivity contribution in [2.75, 3.05) is 5.32 Å². The van der Waals surface area contributed by atoms with Gasteiger partial charge in [-0.05, 0) is 48.9 Å². The first kappa shape index (κ1) is 13.9. The molecule has 0 spiro atoms. The molecule has 1 aromatic heterocycles. The standard InChI is InChI=1S/C17H20N2O2/c1-11(2)13-7-6-12-8-9-16(18-15(12)10-13)19-17(20)21-14-4-3-5-14/h6-11,14H,3-5H2,1-2H3,(H,18,19,20). The van der Waals surface area contributed by atoms with Crippen molar-refractivity contribution < 1.29 is 9.53 Å². The molecule has 0 radical (unpaired) electrons. The van der Waals surface area contributed by atoms with E-state index in [-0.39, 0.29) is 6.10 Å². The molecule has 1 amide bonds. The molecule has 1 fully saturated rings. The number of aromatic nitrogens is 1. The van der Waals surface area contributed by atoms with Crippen LogP contribution in [0.25, 0.3) is 10.9 Å². The quantitative estimate of drug-likeness (QED) is 0.905. The average Bonchev–Trinajstić information content (AvgIpc) is 2.42. The Bertz CT molecular complexity index is 663. The van der Waals surface area contributed by atoms with E-state index in [0.29, 0.717) is 11.7 Å². The third-order valence-corrected chi connectivity index (χ3v) is 3.94. The number of ether oxygens (including phenoxy) is 1. The van der Waals surface area contributed by atoms with Gasteiger partial charge in [-0.15, -0.1) is 0 Å². The molecule has 0 bridgehead atoms. The van der Waals surface area contributed by atoms with E-state index in [1.165, 1.54) is 5.56 Å². The predicted octanol–water partition coefficient (Wildman–Crippen LogP) is 4.46. The zero-order chi connectivity index (χ0) is 14.8. The normalized spacial score (nSPS) is 15.0. The Hall–Kier alpha value is -2.10. The molecule has 3 rings (SSSR count). The van der Waals surface area contributed by atoms with Gasteiger partial charge in [0.15, 0.2) is 0 Å². The maximum absolute atomic E-state index is 11.8. The Morgan fingerprint density at radius 1 is 1.29 bits per heavy atom. The number of nitrogens with zero attached hydrogens (tertiary/aromatic N) is 1. The fourth-order valence-corrected chi connectivity index (χ4v) is 2.34. The van der Waals surface area contributed by atoms with Crippen LogP contribution in [0, 0.1) is 0 Å². The van der Waals surface area contributed by atoms with Crippen molar-refractivity contribution in [3.05, 3.63) is 35.9 Å². The van der Waals surface area contributed by atoms with Crippen LogP contribution in [-0.2, 0) is 4.74 Å². The minimum absolute atomic E-state index is 0.0815. The number of carbonyl (C=O) groups is 1. The third-order valence-electron chi connectivity index (χ3n) is 3.94. The van der Waals surface area contributed by atoms with Gasteiger partial charge in [0.05, 0.1) is 5.52 Å². The fraction of sp³-hybridized carbons (Fsp3) is 0.412. The summed E-state index contributed by atoms with van der Waals surface area (Å²) < 4.78 is 5.27. The highest BCUT2D eigenvalue weighted by molar-refractivity contribution is 5.87. The summed E-state index contributed by atoms with van der Waals surface area (Å²) >= 11 is 0. The van der Waals surface area contributed by atoms with Crippen LogP contribution in [-0.4, -0.2) is 17.2 Å². The highest BCUT2D eigenvalue weighted by Gasteiger charge is 2.21. The fourth-order valence-electron chi connectivity index (χ4n) is 2.34. The smallest absolute Gasteiger partial charge is 0.413 e. The van der Waals surface area contributed by atoms with Gasteiger partial charge in [-0.25, -0.2) is 9.78 Å². The van der Waals surface area contributed by atoms with Gasteiger partial charge < -0.3 is 4.74 Å². The van der Waals surface area contributed by atoms with Gasteiger partial charge in [-0.1, -0.05) is 26.0 Å². The molecule has 0 saturated heterocycles. The van der Waals surface area contributed by atoms with Crippen LogP contribution in [0.3, 0.4) is 0 Å². The van der Waals surface area contributed by atoms with Crippen LogP contribution in [0.2, 0.25) is 0 Å². The number of rotatable bonds is 3. The zero-order valence-electron chi connectivity index (χ0n) is 12.4. The molecular formula is C17H20N2O2. The number of carbonyl (C=O) groups excluding carboxylic acids is 1. The molecular weight excluding hydrogens is 264 g/mol. The molecule has 110 valence electrons. The maximum Gasteiger partial charge on any atom is 0.413 e. The van der Waals surface area contributed by atoms with Gasteiger partial charge in [-0.3, -0.25) is 5.32 Å². The number of hydrogen-bond acceptors (Lipinski definition) is 3. The Labute approximate surface area is 124 Å². The minimum Gasteiger partial charge on any atom is -0.446 e. The lowest BCUT2D eigenvalue weighted by molar-refractivity contribution is 0.0623. The molecule has 1 saturated carbocycles. The van der Waals surface area contributed by atoms with E-state index in [4.69, 9.17) is 4.74 Å². The lowest BCUT2D eigenvalue weighted by Gasteiger charge is -2.24. The molecule has 1 aliphatic carbocycles. The number of fused-ring (bicyclic) bond motifs is 1. The van der Waals surface area contributed by atoms with Gasteiger partial charge >= 0.3 is 6.09 Å². The second-order valence-corrected chi connectivity index (χ2v) is 5.89. The summed E-state index contributed by atoms with van der Waals surface area (Å²) in [6.07, 6.45) is 2.75. The van der Waals surface area contributed by atoms with Crippen LogP contribution in [0.15, 0.2) is 30.3 Å². The molecule has 0 unspecified atom stereocenters. The summed E-state index contributed by atoms with van der Waals surface area (Å²) in [5, 5.41) is 3.78. The maximum atomic E-state index is 11.8. The van der Waals surface area contributed by atoms with E-state index in [0.717, 1.165) is 30.2 Å². The van der Waals surface area contributed by atoms with Crippen molar-refractivity contribution >= 4 is 22.8 Å². The SMILES string of the molecule is CC(C)c1ccc2ccc(NC(=O)OC3CCC3)nc2c1. The molecule has 1 N–H and O–H groups in total. The van der Waals surface area contributed by atoms with Gasteiger partial charge in [0, 0.05) is 5.39 Å². The monoisotopic (exact) mass is 284 g/mol. The molecule has 1 heterocycles. The van der Waals surface area contributed by atoms with Crippen molar-refractivity contribution in [1.82, 2.24) is 4.98 Å². The average molecular weight is 284 g/mol. The van der Waals surface area contributed by atoms with Crippen LogP contribution in [0.1, 0.15) is 44.6 Å². The Balaban J connectivity index is 1.77. The van der Waals surface area contributed by atoms with E-state index in [1.54, 1.807) is 6.07 Å². The second kappa shape index (κ2) is 5.72. The number of hydrogen-bond donors (Lipinski definition) is 1. The molecule has 1 aliphatic rings. The molecule has 1 aromatic carbocycles. The first-order valence-electron chi connectivity index (χ1n) is 7.50. The summed E-state index contributed by atoms with van der Waals surface area (Å²) in [5.41, 5.74) is 2.13. The van der Waals surface area contributed by atoms with Gasteiger partial charge in [0.1, 0.15) is 11.9 Å². The molecule has 0 aliphatic heterocycles. The first-order chi connectivity index (χ1) is 10.1. The molecule has 4 nitrogen and oxygen atoms in total. The van der Waals surface area contributed by atoms with Gasteiger partial charge in [0.2, 0.25) is 0 Å². The Kier molecular flexibility index (Phi) is 3.78. The predicted molar refractivity (Wildman–Crippen MR) is 83.6 cm³/mol. The van der Waals surface area contributed by atoms with E-state index in [1.807, 2.05) is 6.07 Å². The van der Waals surface area contributed by atoms with E-state index >= 15 is 0 Å². The Morgan fingerprint density at radius 3 is 2.71 bits per heavy atom. The van der Waals surface area contributed by atoms with Gasteiger partial charge in [0.25, 0.3) is 0 Å². The number of nitrogens with one attached hydrogen (secondary N) is 1. The highest BCUT2D eigenvalue weighted by Crippen LogP contribution is 2.23. The van der Waals surface area contributed by atoms with E-state index in [9.17, 15) is 4.79 Å². The van der Waals surface area contributed by atoms with Crippen molar-refractivity contribution in [2.45, 2.75) is 45.1 Å². The first-order valence-corrected chi connectivity index (χ1v) is 7.50. The van der Waals surface area contributed by atoms with Crippen LogP contribution in [0.5, 0.6) is 0 Å².